The standard InChI is InChI=1S/C30H26N4O/c1-22-12-16-26(17-13-22)30(35)32-31-21-23-14-18-27(19-15-23)34-29(25-10-6-3-7-11-25)20-28(33-34)24-8-4-2-5-9-24/h2-19,21,29H,20H2,1H3,(H,32,35)/b31-21-/t29-/m0/s1. The highest BCUT2D eigenvalue weighted by Crippen LogP contribution is 2.36. The molecule has 1 heterocycles. The molecule has 5 rings (SSSR count). The van der Waals surface area contributed by atoms with E-state index in [1.807, 2.05) is 67.6 Å². The number of benzene rings is 4. The van der Waals surface area contributed by atoms with Gasteiger partial charge in [-0.05, 0) is 47.9 Å². The van der Waals surface area contributed by atoms with Crippen molar-refractivity contribution in [2.75, 3.05) is 5.01 Å². The van der Waals surface area contributed by atoms with E-state index >= 15 is 0 Å². The zero-order valence-electron chi connectivity index (χ0n) is 19.5. The van der Waals surface area contributed by atoms with Crippen LogP contribution in [0.4, 0.5) is 5.69 Å². The van der Waals surface area contributed by atoms with Crippen LogP contribution in [0.15, 0.2) is 119 Å². The maximum Gasteiger partial charge on any atom is 0.271 e. The van der Waals surface area contributed by atoms with Gasteiger partial charge in [0, 0.05) is 12.0 Å². The maximum atomic E-state index is 12.2. The monoisotopic (exact) mass is 458 g/mol. The van der Waals surface area contributed by atoms with Gasteiger partial charge in [-0.25, -0.2) is 5.43 Å². The van der Waals surface area contributed by atoms with Crippen molar-refractivity contribution in [1.82, 2.24) is 5.43 Å². The molecule has 0 saturated carbocycles. The van der Waals surface area contributed by atoms with E-state index in [0.717, 1.165) is 34.5 Å². The fraction of sp³-hybridized carbons (Fsp3) is 0.100. The topological polar surface area (TPSA) is 57.1 Å². The first-order chi connectivity index (χ1) is 17.2. The molecule has 172 valence electrons. The summed E-state index contributed by atoms with van der Waals surface area (Å²) in [5.41, 5.74) is 9.62. The number of aryl methyl sites for hydroxylation is 1. The Morgan fingerprint density at radius 1 is 0.886 bits per heavy atom. The number of amides is 1. The average molecular weight is 459 g/mol. The molecule has 35 heavy (non-hydrogen) atoms. The first-order valence-corrected chi connectivity index (χ1v) is 11.6. The lowest BCUT2D eigenvalue weighted by atomic mass is 9.98. The molecule has 5 nitrogen and oxygen atoms in total. The Kier molecular flexibility index (Phi) is 6.48. The maximum absolute atomic E-state index is 12.2. The van der Waals surface area contributed by atoms with Crippen molar-refractivity contribution in [1.29, 1.82) is 0 Å². The number of hydrogen-bond acceptors (Lipinski definition) is 4. The van der Waals surface area contributed by atoms with Crippen molar-refractivity contribution in [2.24, 2.45) is 10.2 Å². The van der Waals surface area contributed by atoms with Gasteiger partial charge < -0.3 is 0 Å². The van der Waals surface area contributed by atoms with Crippen LogP contribution in [0.2, 0.25) is 0 Å². The van der Waals surface area contributed by atoms with Gasteiger partial charge in [-0.15, -0.1) is 0 Å². The molecule has 1 amide bonds. The predicted octanol–water partition coefficient (Wildman–Crippen LogP) is 6.11. The van der Waals surface area contributed by atoms with Crippen molar-refractivity contribution in [3.05, 3.63) is 137 Å². The van der Waals surface area contributed by atoms with Crippen LogP contribution >= 0.6 is 0 Å². The summed E-state index contributed by atoms with van der Waals surface area (Å²) in [5, 5.41) is 11.2. The van der Waals surface area contributed by atoms with Crippen LogP contribution in [0.3, 0.4) is 0 Å². The average Bonchev–Trinajstić information content (AvgIpc) is 3.36. The van der Waals surface area contributed by atoms with Crippen molar-refractivity contribution in [2.45, 2.75) is 19.4 Å². The molecule has 0 aromatic heterocycles. The Labute approximate surface area is 205 Å². The van der Waals surface area contributed by atoms with Crippen LogP contribution in [0.25, 0.3) is 0 Å². The predicted molar refractivity (Wildman–Crippen MR) is 142 cm³/mol. The summed E-state index contributed by atoms with van der Waals surface area (Å²) < 4.78 is 0. The Morgan fingerprint density at radius 2 is 1.54 bits per heavy atom. The molecule has 0 spiro atoms. The molecule has 1 aliphatic rings. The zero-order chi connectivity index (χ0) is 24.0. The fourth-order valence-corrected chi connectivity index (χ4v) is 4.14. The van der Waals surface area contributed by atoms with E-state index in [-0.39, 0.29) is 11.9 Å². The van der Waals surface area contributed by atoms with E-state index in [0.29, 0.717) is 5.56 Å². The van der Waals surface area contributed by atoms with Gasteiger partial charge in [-0.1, -0.05) is 90.5 Å². The molecular formula is C30H26N4O. The number of anilines is 1. The summed E-state index contributed by atoms with van der Waals surface area (Å²) >= 11 is 0. The van der Waals surface area contributed by atoms with E-state index in [1.54, 1.807) is 18.3 Å². The molecular weight excluding hydrogens is 432 g/mol. The van der Waals surface area contributed by atoms with Crippen molar-refractivity contribution in [3.63, 3.8) is 0 Å². The zero-order valence-corrected chi connectivity index (χ0v) is 19.5. The molecule has 4 aromatic carbocycles. The van der Waals surface area contributed by atoms with Crippen molar-refractivity contribution < 1.29 is 4.79 Å². The van der Waals surface area contributed by atoms with Gasteiger partial charge >= 0.3 is 0 Å². The normalized spacial score (nSPS) is 15.3. The molecule has 1 aliphatic heterocycles. The van der Waals surface area contributed by atoms with Crippen LogP contribution in [0, 0.1) is 6.92 Å². The molecule has 0 aliphatic carbocycles. The first kappa shape index (κ1) is 22.3. The SMILES string of the molecule is Cc1ccc(C(=O)N/N=C\c2ccc(N3N=C(c4ccccc4)C[C@H]3c3ccccc3)cc2)cc1. The molecule has 0 radical (unpaired) electrons. The highest BCUT2D eigenvalue weighted by molar-refractivity contribution is 6.03. The summed E-state index contributed by atoms with van der Waals surface area (Å²) in [6.45, 7) is 1.99. The fourth-order valence-electron chi connectivity index (χ4n) is 4.14. The molecule has 4 aromatic rings. The van der Waals surface area contributed by atoms with Crippen LogP contribution in [-0.2, 0) is 0 Å². The largest absolute Gasteiger partial charge is 0.271 e. The summed E-state index contributed by atoms with van der Waals surface area (Å²) in [6, 6.07) is 36.4. The lowest BCUT2D eigenvalue weighted by Crippen LogP contribution is -2.18. The Bertz CT molecular complexity index is 1350. The summed E-state index contributed by atoms with van der Waals surface area (Å²) in [4.78, 5) is 12.2. The summed E-state index contributed by atoms with van der Waals surface area (Å²) in [7, 11) is 0. The molecule has 1 atom stereocenters. The minimum absolute atomic E-state index is 0.125. The third kappa shape index (κ3) is 5.20. The van der Waals surface area contributed by atoms with Crippen LogP contribution in [0.5, 0.6) is 0 Å². The van der Waals surface area contributed by atoms with E-state index in [1.165, 1.54) is 5.56 Å². The Balaban J connectivity index is 1.33. The summed E-state index contributed by atoms with van der Waals surface area (Å²) in [5.74, 6) is -0.233. The molecule has 0 unspecified atom stereocenters. The van der Waals surface area contributed by atoms with E-state index in [4.69, 9.17) is 5.10 Å². The number of nitrogens with one attached hydrogen (secondary N) is 1. The van der Waals surface area contributed by atoms with Gasteiger partial charge in [0.2, 0.25) is 0 Å². The number of hydrogen-bond donors (Lipinski definition) is 1. The smallest absolute Gasteiger partial charge is 0.267 e. The third-order valence-electron chi connectivity index (χ3n) is 6.05. The Morgan fingerprint density at radius 3 is 2.23 bits per heavy atom. The van der Waals surface area contributed by atoms with Crippen LogP contribution in [-0.4, -0.2) is 17.8 Å². The first-order valence-electron chi connectivity index (χ1n) is 11.6. The lowest BCUT2D eigenvalue weighted by molar-refractivity contribution is 0.0955. The van der Waals surface area contributed by atoms with Crippen molar-refractivity contribution in [3.8, 4) is 0 Å². The van der Waals surface area contributed by atoms with Crippen LogP contribution in [0.1, 0.15) is 45.1 Å². The van der Waals surface area contributed by atoms with Gasteiger partial charge in [-0.3, -0.25) is 9.80 Å². The van der Waals surface area contributed by atoms with Gasteiger partial charge in [0.25, 0.3) is 5.91 Å². The van der Waals surface area contributed by atoms with Gasteiger partial charge in [0.05, 0.1) is 23.7 Å². The number of rotatable bonds is 6. The van der Waals surface area contributed by atoms with Crippen molar-refractivity contribution >= 4 is 23.5 Å². The lowest BCUT2D eigenvalue weighted by Gasteiger charge is -2.24. The van der Waals surface area contributed by atoms with E-state index < -0.39 is 0 Å². The molecule has 0 fully saturated rings. The number of nitrogens with zero attached hydrogens (tertiary/aromatic N) is 3. The minimum atomic E-state index is -0.233. The van der Waals surface area contributed by atoms with E-state index in [9.17, 15) is 4.79 Å². The number of hydrazone groups is 2. The molecule has 0 bridgehead atoms. The third-order valence-corrected chi connectivity index (χ3v) is 6.05. The molecule has 5 heteroatoms. The summed E-state index contributed by atoms with van der Waals surface area (Å²) in [6.07, 6.45) is 2.48. The molecule has 0 saturated heterocycles. The highest BCUT2D eigenvalue weighted by atomic mass is 16.2. The second-order valence-electron chi connectivity index (χ2n) is 8.54. The van der Waals surface area contributed by atoms with Gasteiger partial charge in [0.1, 0.15) is 0 Å². The number of carbonyl (C=O) groups excluding carboxylic acids is 1. The van der Waals surface area contributed by atoms with Gasteiger partial charge in [0.15, 0.2) is 0 Å². The number of carbonyl (C=O) groups is 1. The quantitative estimate of drug-likeness (QED) is 0.280. The second kappa shape index (κ2) is 10.2. The van der Waals surface area contributed by atoms with E-state index in [2.05, 4.69) is 51.9 Å². The highest BCUT2D eigenvalue weighted by Gasteiger charge is 2.29. The Hall–Kier alpha value is -4.51. The second-order valence-corrected chi connectivity index (χ2v) is 8.54. The minimum Gasteiger partial charge on any atom is -0.267 e. The molecule has 1 N–H and O–H groups in total. The van der Waals surface area contributed by atoms with Crippen LogP contribution < -0.4 is 10.4 Å². The van der Waals surface area contributed by atoms with Gasteiger partial charge in [-0.2, -0.15) is 10.2 Å².